The SMILES string of the molecule is CCC(C)Oc1ccc(C(=O)Nc2cccc(C(=O)NCCOC)c2)cc1. The molecule has 0 aromatic heterocycles. The molecule has 2 aromatic rings. The van der Waals surface area contributed by atoms with E-state index in [0.717, 1.165) is 12.2 Å². The Balaban J connectivity index is 1.99. The predicted molar refractivity (Wildman–Crippen MR) is 105 cm³/mol. The molecule has 0 fully saturated rings. The van der Waals surface area contributed by atoms with Gasteiger partial charge in [0.05, 0.1) is 12.7 Å². The third kappa shape index (κ3) is 6.42. The highest BCUT2D eigenvalue weighted by atomic mass is 16.5. The Kier molecular flexibility index (Phi) is 7.82. The highest BCUT2D eigenvalue weighted by Gasteiger charge is 2.10. The molecule has 1 atom stereocenters. The number of hydrogen-bond donors (Lipinski definition) is 2. The van der Waals surface area contributed by atoms with Crippen LogP contribution in [0.25, 0.3) is 0 Å². The number of nitrogens with one attached hydrogen (secondary N) is 2. The molecule has 2 rings (SSSR count). The van der Waals surface area contributed by atoms with Crippen LogP contribution in [0.5, 0.6) is 5.75 Å². The number of carbonyl (C=O) groups excluding carboxylic acids is 2. The summed E-state index contributed by atoms with van der Waals surface area (Å²) in [6.45, 7) is 4.92. The minimum Gasteiger partial charge on any atom is -0.491 e. The van der Waals surface area contributed by atoms with Crippen molar-refractivity contribution in [3.8, 4) is 5.75 Å². The van der Waals surface area contributed by atoms with Gasteiger partial charge in [0.15, 0.2) is 0 Å². The summed E-state index contributed by atoms with van der Waals surface area (Å²) >= 11 is 0. The van der Waals surface area contributed by atoms with Crippen LogP contribution in [0.15, 0.2) is 48.5 Å². The first kappa shape index (κ1) is 20.5. The summed E-state index contributed by atoms with van der Waals surface area (Å²) < 4.78 is 10.6. The average Bonchev–Trinajstić information content (AvgIpc) is 2.68. The quantitative estimate of drug-likeness (QED) is 0.663. The number of rotatable bonds is 9. The Morgan fingerprint density at radius 1 is 1.04 bits per heavy atom. The number of amides is 2. The molecule has 0 aliphatic carbocycles. The Morgan fingerprint density at radius 2 is 1.78 bits per heavy atom. The van der Waals surface area contributed by atoms with Crippen LogP contribution >= 0.6 is 0 Å². The van der Waals surface area contributed by atoms with E-state index in [1.54, 1.807) is 55.6 Å². The first-order valence-corrected chi connectivity index (χ1v) is 8.98. The van der Waals surface area contributed by atoms with Crippen molar-refractivity contribution in [3.05, 3.63) is 59.7 Å². The second-order valence-corrected chi connectivity index (χ2v) is 6.14. The lowest BCUT2D eigenvalue weighted by Gasteiger charge is -2.13. The molecule has 0 radical (unpaired) electrons. The second-order valence-electron chi connectivity index (χ2n) is 6.14. The largest absolute Gasteiger partial charge is 0.491 e. The molecule has 2 N–H and O–H groups in total. The molecular formula is C21H26N2O4. The van der Waals surface area contributed by atoms with Crippen LogP contribution in [-0.4, -0.2) is 38.2 Å². The number of benzene rings is 2. The Hall–Kier alpha value is -2.86. The molecule has 0 heterocycles. The maximum atomic E-state index is 12.4. The van der Waals surface area contributed by atoms with Crippen molar-refractivity contribution in [2.24, 2.45) is 0 Å². The molecule has 0 bridgehead atoms. The third-order valence-corrected chi connectivity index (χ3v) is 4.00. The lowest BCUT2D eigenvalue weighted by molar-refractivity contribution is 0.0936. The van der Waals surface area contributed by atoms with Crippen molar-refractivity contribution in [2.45, 2.75) is 26.4 Å². The van der Waals surface area contributed by atoms with E-state index >= 15 is 0 Å². The van der Waals surface area contributed by atoms with Gasteiger partial charge in [0.1, 0.15) is 5.75 Å². The van der Waals surface area contributed by atoms with E-state index in [-0.39, 0.29) is 17.9 Å². The van der Waals surface area contributed by atoms with Crippen molar-refractivity contribution in [1.82, 2.24) is 5.32 Å². The van der Waals surface area contributed by atoms with E-state index in [0.29, 0.717) is 30.0 Å². The fourth-order valence-corrected chi connectivity index (χ4v) is 2.31. The fourth-order valence-electron chi connectivity index (χ4n) is 2.31. The zero-order valence-electron chi connectivity index (χ0n) is 16.0. The van der Waals surface area contributed by atoms with Gasteiger partial charge in [-0.3, -0.25) is 9.59 Å². The molecule has 0 aliphatic heterocycles. The lowest BCUT2D eigenvalue weighted by atomic mass is 10.1. The molecule has 144 valence electrons. The zero-order chi connectivity index (χ0) is 19.6. The van der Waals surface area contributed by atoms with Crippen LogP contribution in [0.2, 0.25) is 0 Å². The van der Waals surface area contributed by atoms with Crippen LogP contribution in [0.3, 0.4) is 0 Å². The van der Waals surface area contributed by atoms with Gasteiger partial charge in [0.25, 0.3) is 11.8 Å². The summed E-state index contributed by atoms with van der Waals surface area (Å²) in [6.07, 6.45) is 1.04. The lowest BCUT2D eigenvalue weighted by Crippen LogP contribution is -2.27. The van der Waals surface area contributed by atoms with E-state index in [2.05, 4.69) is 17.6 Å². The molecule has 0 saturated heterocycles. The van der Waals surface area contributed by atoms with E-state index in [1.165, 1.54) is 0 Å². The molecule has 0 saturated carbocycles. The van der Waals surface area contributed by atoms with E-state index in [4.69, 9.17) is 9.47 Å². The van der Waals surface area contributed by atoms with Gasteiger partial charge in [-0.1, -0.05) is 13.0 Å². The average molecular weight is 370 g/mol. The number of carbonyl (C=O) groups is 2. The maximum absolute atomic E-state index is 12.4. The van der Waals surface area contributed by atoms with Crippen molar-refractivity contribution < 1.29 is 19.1 Å². The van der Waals surface area contributed by atoms with Gasteiger partial charge in [-0.2, -0.15) is 0 Å². The van der Waals surface area contributed by atoms with Crippen molar-refractivity contribution in [2.75, 3.05) is 25.6 Å². The summed E-state index contributed by atoms with van der Waals surface area (Å²) in [5.74, 6) is 0.271. The van der Waals surface area contributed by atoms with Gasteiger partial charge in [-0.15, -0.1) is 0 Å². The highest BCUT2D eigenvalue weighted by Crippen LogP contribution is 2.17. The third-order valence-electron chi connectivity index (χ3n) is 4.00. The number of methoxy groups -OCH3 is 1. The molecule has 2 amide bonds. The van der Waals surface area contributed by atoms with Gasteiger partial charge >= 0.3 is 0 Å². The number of anilines is 1. The normalized spacial score (nSPS) is 11.5. The molecule has 2 aromatic carbocycles. The summed E-state index contributed by atoms with van der Waals surface area (Å²) in [5.41, 5.74) is 1.54. The van der Waals surface area contributed by atoms with Crippen LogP contribution in [0, 0.1) is 0 Å². The molecule has 6 heteroatoms. The zero-order valence-corrected chi connectivity index (χ0v) is 16.0. The maximum Gasteiger partial charge on any atom is 0.255 e. The monoisotopic (exact) mass is 370 g/mol. The van der Waals surface area contributed by atoms with Crippen LogP contribution < -0.4 is 15.4 Å². The molecule has 1 unspecified atom stereocenters. The summed E-state index contributed by atoms with van der Waals surface area (Å²) in [5, 5.41) is 5.56. The van der Waals surface area contributed by atoms with Crippen LogP contribution in [0.1, 0.15) is 41.0 Å². The Morgan fingerprint density at radius 3 is 2.44 bits per heavy atom. The molecule has 27 heavy (non-hydrogen) atoms. The topological polar surface area (TPSA) is 76.7 Å². The van der Waals surface area contributed by atoms with Gasteiger partial charge in [0.2, 0.25) is 0 Å². The molecule has 0 aliphatic rings. The number of hydrogen-bond acceptors (Lipinski definition) is 4. The summed E-state index contributed by atoms with van der Waals surface area (Å²) in [4.78, 5) is 24.5. The van der Waals surface area contributed by atoms with Crippen LogP contribution in [-0.2, 0) is 4.74 Å². The van der Waals surface area contributed by atoms with Gasteiger partial charge in [0, 0.05) is 30.5 Å². The predicted octanol–water partition coefficient (Wildman–Crippen LogP) is 3.49. The summed E-state index contributed by atoms with van der Waals surface area (Å²) in [7, 11) is 1.57. The van der Waals surface area contributed by atoms with Gasteiger partial charge in [-0.25, -0.2) is 0 Å². The van der Waals surface area contributed by atoms with Gasteiger partial charge in [-0.05, 0) is 55.8 Å². The minimum absolute atomic E-state index is 0.127. The first-order valence-electron chi connectivity index (χ1n) is 8.98. The Labute approximate surface area is 159 Å². The van der Waals surface area contributed by atoms with Gasteiger partial charge < -0.3 is 20.1 Å². The minimum atomic E-state index is -0.248. The van der Waals surface area contributed by atoms with Crippen molar-refractivity contribution in [1.29, 1.82) is 0 Å². The molecule has 6 nitrogen and oxygen atoms in total. The number of ether oxygens (including phenoxy) is 2. The van der Waals surface area contributed by atoms with E-state index < -0.39 is 0 Å². The molecule has 0 spiro atoms. The Bertz CT molecular complexity index is 759. The van der Waals surface area contributed by atoms with Crippen LogP contribution in [0.4, 0.5) is 5.69 Å². The highest BCUT2D eigenvalue weighted by molar-refractivity contribution is 6.05. The smallest absolute Gasteiger partial charge is 0.255 e. The van der Waals surface area contributed by atoms with E-state index in [9.17, 15) is 9.59 Å². The van der Waals surface area contributed by atoms with E-state index in [1.807, 2.05) is 6.92 Å². The second kappa shape index (κ2) is 10.3. The van der Waals surface area contributed by atoms with Crippen molar-refractivity contribution in [3.63, 3.8) is 0 Å². The summed E-state index contributed by atoms with van der Waals surface area (Å²) in [6, 6.07) is 13.8. The standard InChI is InChI=1S/C21H26N2O4/c1-4-15(2)27-19-10-8-16(9-11-19)21(25)23-18-7-5-6-17(14-18)20(24)22-12-13-26-3/h5-11,14-15H,4,12-13H2,1-3H3,(H,22,24)(H,23,25). The fraction of sp³-hybridized carbons (Fsp3) is 0.333. The van der Waals surface area contributed by atoms with Crippen molar-refractivity contribution >= 4 is 17.5 Å². The first-order chi connectivity index (χ1) is 13.0. The molecular weight excluding hydrogens is 344 g/mol.